The number of aromatic nitrogens is 4. The number of terminal acetylenes is 1. The summed E-state index contributed by atoms with van der Waals surface area (Å²) in [5.74, 6) is 2.90. The zero-order valence-electron chi connectivity index (χ0n) is 16.3. The maximum Gasteiger partial charge on any atom is 0.262 e. The highest BCUT2D eigenvalue weighted by Gasteiger charge is 2.38. The molecule has 3 heterocycles. The average molecular weight is 403 g/mol. The van der Waals surface area contributed by atoms with E-state index in [2.05, 4.69) is 36.5 Å². The van der Waals surface area contributed by atoms with Gasteiger partial charge in [-0.1, -0.05) is 18.2 Å². The van der Waals surface area contributed by atoms with Crippen LogP contribution in [0.15, 0.2) is 51.6 Å². The Morgan fingerprint density at radius 3 is 2.77 bits per heavy atom. The van der Waals surface area contributed by atoms with Gasteiger partial charge in [0.25, 0.3) is 5.56 Å². The molecule has 4 rings (SSSR count). The van der Waals surface area contributed by atoms with Crippen LogP contribution in [0.4, 0.5) is 0 Å². The Balaban J connectivity index is 1.37. The van der Waals surface area contributed by atoms with E-state index in [-0.39, 0.29) is 17.9 Å². The third kappa shape index (κ3) is 4.27. The number of H-pyrrole nitrogens is 1. The number of amides is 1. The van der Waals surface area contributed by atoms with Crippen LogP contribution in [-0.2, 0) is 11.2 Å². The van der Waals surface area contributed by atoms with Gasteiger partial charge in [-0.25, -0.2) is 9.67 Å². The molecule has 1 amide bonds. The van der Waals surface area contributed by atoms with Gasteiger partial charge in [0.2, 0.25) is 5.91 Å². The van der Waals surface area contributed by atoms with Gasteiger partial charge >= 0.3 is 0 Å². The first-order valence-electron chi connectivity index (χ1n) is 9.77. The first kappa shape index (κ1) is 19.5. The first-order valence-corrected chi connectivity index (χ1v) is 9.77. The van der Waals surface area contributed by atoms with Crippen LogP contribution in [0.3, 0.4) is 0 Å². The van der Waals surface area contributed by atoms with Crippen LogP contribution in [0, 0.1) is 12.3 Å². The van der Waals surface area contributed by atoms with Crippen LogP contribution >= 0.6 is 0 Å². The number of hydrogen-bond acceptors (Lipinski definition) is 6. The van der Waals surface area contributed by atoms with Crippen LogP contribution < -0.4 is 10.9 Å². The standard InChI is InChI=1S/C21H21N7O2/c1-2-3-11-21(26-27-21)12-13-22-18(29)10-9-17-24-19-16(20(30)25-17)14-23-28(19)15-7-5-4-6-8-15/h1,4-8,14H,3,9-13H2,(H,22,29)(H,24,25,30). The molecule has 0 atom stereocenters. The molecule has 0 spiro atoms. The van der Waals surface area contributed by atoms with E-state index in [1.54, 1.807) is 4.68 Å². The lowest BCUT2D eigenvalue weighted by molar-refractivity contribution is -0.121. The minimum Gasteiger partial charge on any atom is -0.356 e. The summed E-state index contributed by atoms with van der Waals surface area (Å²) in [5, 5.41) is 15.6. The molecule has 0 bridgehead atoms. The van der Waals surface area contributed by atoms with Crippen molar-refractivity contribution in [2.24, 2.45) is 10.2 Å². The van der Waals surface area contributed by atoms with Gasteiger partial charge in [0.05, 0.1) is 11.9 Å². The molecule has 0 saturated heterocycles. The van der Waals surface area contributed by atoms with E-state index in [9.17, 15) is 9.59 Å². The molecule has 0 radical (unpaired) electrons. The molecule has 9 heteroatoms. The quantitative estimate of drug-likeness (QED) is 0.532. The lowest BCUT2D eigenvalue weighted by atomic mass is 10.0. The van der Waals surface area contributed by atoms with Crippen LogP contribution in [0.1, 0.15) is 31.5 Å². The van der Waals surface area contributed by atoms with Gasteiger partial charge in [0.1, 0.15) is 11.2 Å². The third-order valence-corrected chi connectivity index (χ3v) is 4.98. The Kier molecular flexibility index (Phi) is 5.39. The third-order valence-electron chi connectivity index (χ3n) is 4.98. The van der Waals surface area contributed by atoms with Crippen LogP contribution in [0.5, 0.6) is 0 Å². The normalized spacial score (nSPS) is 13.8. The summed E-state index contributed by atoms with van der Waals surface area (Å²) in [7, 11) is 0. The van der Waals surface area contributed by atoms with Crippen molar-refractivity contribution in [3.05, 3.63) is 52.7 Å². The molecular formula is C21H21N7O2. The smallest absolute Gasteiger partial charge is 0.262 e. The van der Waals surface area contributed by atoms with Crippen LogP contribution in [0.25, 0.3) is 16.7 Å². The van der Waals surface area contributed by atoms with E-state index in [0.717, 1.165) is 5.69 Å². The number of aromatic amines is 1. The summed E-state index contributed by atoms with van der Waals surface area (Å²) in [6.45, 7) is 0.472. The monoisotopic (exact) mass is 403 g/mol. The van der Waals surface area contributed by atoms with E-state index in [4.69, 9.17) is 6.42 Å². The fraction of sp³-hybridized carbons (Fsp3) is 0.333. The minimum atomic E-state index is -0.409. The molecule has 1 aliphatic heterocycles. The van der Waals surface area contributed by atoms with Crippen molar-refractivity contribution in [1.29, 1.82) is 0 Å². The lowest BCUT2D eigenvalue weighted by Gasteiger charge is -2.10. The highest BCUT2D eigenvalue weighted by molar-refractivity contribution is 5.77. The Labute approximate surface area is 172 Å². The summed E-state index contributed by atoms with van der Waals surface area (Å²) >= 11 is 0. The Morgan fingerprint density at radius 1 is 1.23 bits per heavy atom. The molecule has 0 saturated carbocycles. The van der Waals surface area contributed by atoms with Gasteiger partial charge in [-0.3, -0.25) is 9.59 Å². The van der Waals surface area contributed by atoms with Crippen molar-refractivity contribution >= 4 is 16.9 Å². The van der Waals surface area contributed by atoms with Crippen LogP contribution in [-0.4, -0.2) is 37.9 Å². The highest BCUT2D eigenvalue weighted by Crippen LogP contribution is 2.35. The summed E-state index contributed by atoms with van der Waals surface area (Å²) < 4.78 is 1.62. The molecule has 0 aliphatic carbocycles. The minimum absolute atomic E-state index is 0.123. The predicted molar refractivity (Wildman–Crippen MR) is 111 cm³/mol. The number of nitrogens with zero attached hydrogens (tertiary/aromatic N) is 5. The van der Waals surface area contributed by atoms with Gasteiger partial charge < -0.3 is 10.3 Å². The number of rotatable bonds is 9. The number of hydrogen-bond donors (Lipinski definition) is 2. The fourth-order valence-electron chi connectivity index (χ4n) is 3.23. The van der Waals surface area contributed by atoms with Crippen molar-refractivity contribution in [3.8, 4) is 18.0 Å². The number of aryl methyl sites for hydroxylation is 1. The maximum atomic E-state index is 12.4. The Morgan fingerprint density at radius 2 is 2.03 bits per heavy atom. The van der Waals surface area contributed by atoms with Gasteiger partial charge in [0.15, 0.2) is 11.3 Å². The largest absolute Gasteiger partial charge is 0.356 e. The zero-order valence-corrected chi connectivity index (χ0v) is 16.3. The Bertz CT molecular complexity index is 1180. The molecule has 2 N–H and O–H groups in total. The van der Waals surface area contributed by atoms with Gasteiger partial charge in [-0.2, -0.15) is 15.3 Å². The summed E-state index contributed by atoms with van der Waals surface area (Å²) in [6, 6.07) is 9.45. The maximum absolute atomic E-state index is 12.4. The summed E-state index contributed by atoms with van der Waals surface area (Å²) in [6.07, 6.45) is 9.25. The average Bonchev–Trinajstić information content (AvgIpc) is 3.39. The zero-order chi connectivity index (χ0) is 21.0. The number of para-hydroxylation sites is 1. The first-order chi connectivity index (χ1) is 14.6. The van der Waals surface area contributed by atoms with Crippen molar-refractivity contribution in [3.63, 3.8) is 0 Å². The topological polar surface area (TPSA) is 117 Å². The second-order valence-electron chi connectivity index (χ2n) is 7.13. The number of benzene rings is 1. The van der Waals surface area contributed by atoms with Crippen molar-refractivity contribution < 1.29 is 4.79 Å². The molecule has 3 aromatic rings. The van der Waals surface area contributed by atoms with Crippen molar-refractivity contribution in [2.45, 2.75) is 37.8 Å². The van der Waals surface area contributed by atoms with Gasteiger partial charge in [-0.05, 0) is 12.1 Å². The van der Waals surface area contributed by atoms with Crippen molar-refractivity contribution in [1.82, 2.24) is 25.1 Å². The molecule has 0 fully saturated rings. The molecule has 2 aromatic heterocycles. The molecule has 1 aromatic carbocycles. The summed E-state index contributed by atoms with van der Waals surface area (Å²) in [5.41, 5.74) is 0.592. The number of nitrogens with one attached hydrogen (secondary N) is 2. The van der Waals surface area contributed by atoms with Crippen molar-refractivity contribution in [2.75, 3.05) is 6.54 Å². The van der Waals surface area contributed by atoms with E-state index in [1.807, 2.05) is 30.3 Å². The number of carbonyl (C=O) groups excluding carboxylic acids is 1. The summed E-state index contributed by atoms with van der Waals surface area (Å²) in [4.78, 5) is 31.8. The second kappa shape index (κ2) is 8.29. The molecule has 0 unspecified atom stereocenters. The molecular weight excluding hydrogens is 382 g/mol. The van der Waals surface area contributed by atoms with E-state index in [0.29, 0.717) is 49.1 Å². The fourth-order valence-corrected chi connectivity index (χ4v) is 3.23. The molecule has 9 nitrogen and oxygen atoms in total. The predicted octanol–water partition coefficient (Wildman–Crippen LogP) is 2.12. The van der Waals surface area contributed by atoms with E-state index >= 15 is 0 Å². The van der Waals surface area contributed by atoms with E-state index < -0.39 is 5.66 Å². The molecule has 30 heavy (non-hydrogen) atoms. The number of carbonyl (C=O) groups is 1. The Hall–Kier alpha value is -3.80. The van der Waals surface area contributed by atoms with E-state index in [1.165, 1.54) is 6.20 Å². The molecule has 1 aliphatic rings. The lowest BCUT2D eigenvalue weighted by Crippen LogP contribution is -2.28. The number of fused-ring (bicyclic) bond motifs is 1. The highest BCUT2D eigenvalue weighted by atomic mass is 16.1. The second-order valence-corrected chi connectivity index (χ2v) is 7.13. The van der Waals surface area contributed by atoms with Crippen LogP contribution in [0.2, 0.25) is 0 Å². The van der Waals surface area contributed by atoms with Gasteiger partial charge in [0, 0.05) is 38.6 Å². The molecule has 152 valence electrons. The SMILES string of the molecule is C#CCCC1(CCNC(=O)CCc2nc3c(cnn3-c3ccccc3)c(=O)[nH]2)N=N1. The van der Waals surface area contributed by atoms with Gasteiger partial charge in [-0.15, -0.1) is 12.3 Å².